The number of nitrogens with zero attached hydrogens (tertiary/aromatic N) is 1. The standard InChI is InChI=1S/C12H14N2O3/c1-8(15)13-7-11-12(16)14(2)9-5-3-4-6-10(9)17-11/h3-6,11H,7H2,1-2H3,(H,13,15). The first-order chi connectivity index (χ1) is 8.09. The number of nitrogens with one attached hydrogen (secondary N) is 1. The first-order valence-electron chi connectivity index (χ1n) is 5.37. The number of hydrogen-bond acceptors (Lipinski definition) is 3. The molecule has 0 saturated heterocycles. The Bertz CT molecular complexity index is 459. The lowest BCUT2D eigenvalue weighted by Crippen LogP contribution is -2.49. The molecule has 1 heterocycles. The Morgan fingerprint density at radius 1 is 1.47 bits per heavy atom. The van der Waals surface area contributed by atoms with Crippen LogP contribution in [0, 0.1) is 0 Å². The van der Waals surface area contributed by atoms with Crippen LogP contribution in [0.15, 0.2) is 24.3 Å². The molecular formula is C12H14N2O3. The van der Waals surface area contributed by atoms with Gasteiger partial charge in [0.2, 0.25) is 5.91 Å². The van der Waals surface area contributed by atoms with Crippen LogP contribution in [0.25, 0.3) is 0 Å². The van der Waals surface area contributed by atoms with Crippen molar-refractivity contribution in [1.29, 1.82) is 0 Å². The van der Waals surface area contributed by atoms with Gasteiger partial charge in [-0.25, -0.2) is 0 Å². The highest BCUT2D eigenvalue weighted by molar-refractivity contribution is 5.99. The van der Waals surface area contributed by atoms with Crippen molar-refractivity contribution in [3.63, 3.8) is 0 Å². The lowest BCUT2D eigenvalue weighted by atomic mass is 10.2. The number of rotatable bonds is 2. The summed E-state index contributed by atoms with van der Waals surface area (Å²) in [5.74, 6) is 0.324. The highest BCUT2D eigenvalue weighted by Gasteiger charge is 2.31. The third-order valence-corrected chi connectivity index (χ3v) is 2.64. The molecule has 0 aromatic heterocycles. The van der Waals surface area contributed by atoms with E-state index in [0.29, 0.717) is 5.75 Å². The fourth-order valence-electron chi connectivity index (χ4n) is 1.74. The Morgan fingerprint density at radius 3 is 2.88 bits per heavy atom. The van der Waals surface area contributed by atoms with E-state index in [1.54, 1.807) is 18.0 Å². The van der Waals surface area contributed by atoms with Crippen LogP contribution < -0.4 is 15.0 Å². The predicted octanol–water partition coefficient (Wildman–Crippen LogP) is 0.546. The number of ether oxygens (including phenoxy) is 1. The average molecular weight is 234 g/mol. The minimum atomic E-state index is -0.654. The Hall–Kier alpha value is -2.04. The van der Waals surface area contributed by atoms with Gasteiger partial charge in [0.05, 0.1) is 12.2 Å². The maximum absolute atomic E-state index is 12.0. The second-order valence-electron chi connectivity index (χ2n) is 3.91. The molecule has 17 heavy (non-hydrogen) atoms. The zero-order chi connectivity index (χ0) is 12.4. The number of hydrogen-bond donors (Lipinski definition) is 1. The molecule has 1 N–H and O–H groups in total. The maximum Gasteiger partial charge on any atom is 0.269 e. The summed E-state index contributed by atoms with van der Waals surface area (Å²) < 4.78 is 5.56. The van der Waals surface area contributed by atoms with E-state index >= 15 is 0 Å². The molecule has 0 fully saturated rings. The monoisotopic (exact) mass is 234 g/mol. The number of anilines is 1. The number of para-hydroxylation sites is 2. The molecule has 1 aromatic carbocycles. The molecule has 0 aliphatic carbocycles. The summed E-state index contributed by atoms with van der Waals surface area (Å²) in [5.41, 5.74) is 0.747. The molecule has 1 atom stereocenters. The van der Waals surface area contributed by atoms with Crippen LogP contribution in [0.5, 0.6) is 5.75 Å². The third kappa shape index (κ3) is 2.22. The predicted molar refractivity (Wildman–Crippen MR) is 63.0 cm³/mol. The van der Waals surface area contributed by atoms with Gasteiger partial charge in [-0.2, -0.15) is 0 Å². The first-order valence-corrected chi connectivity index (χ1v) is 5.37. The summed E-state index contributed by atoms with van der Waals surface area (Å²) in [6, 6.07) is 7.32. The van der Waals surface area contributed by atoms with E-state index in [-0.39, 0.29) is 18.4 Å². The zero-order valence-corrected chi connectivity index (χ0v) is 9.77. The number of carbonyl (C=O) groups is 2. The Kier molecular flexibility index (Phi) is 2.99. The van der Waals surface area contributed by atoms with Crippen LogP contribution in [-0.4, -0.2) is 31.5 Å². The second-order valence-corrected chi connectivity index (χ2v) is 3.91. The Balaban J connectivity index is 2.19. The number of carbonyl (C=O) groups excluding carboxylic acids is 2. The van der Waals surface area contributed by atoms with Crippen molar-refractivity contribution < 1.29 is 14.3 Å². The minimum absolute atomic E-state index is 0.155. The van der Waals surface area contributed by atoms with Crippen LogP contribution in [-0.2, 0) is 9.59 Å². The minimum Gasteiger partial charge on any atom is -0.477 e. The van der Waals surface area contributed by atoms with Crippen LogP contribution in [0.3, 0.4) is 0 Å². The molecular weight excluding hydrogens is 220 g/mol. The van der Waals surface area contributed by atoms with Crippen molar-refractivity contribution in [2.45, 2.75) is 13.0 Å². The van der Waals surface area contributed by atoms with Gasteiger partial charge in [0.15, 0.2) is 6.10 Å². The summed E-state index contributed by atoms with van der Waals surface area (Å²) >= 11 is 0. The Labute approximate surface area is 99.4 Å². The number of likely N-dealkylation sites (N-methyl/N-ethyl adjacent to an activating group) is 1. The van der Waals surface area contributed by atoms with Crippen molar-refractivity contribution in [2.24, 2.45) is 0 Å². The zero-order valence-electron chi connectivity index (χ0n) is 9.77. The van der Waals surface area contributed by atoms with Gasteiger partial charge >= 0.3 is 0 Å². The highest BCUT2D eigenvalue weighted by Crippen LogP contribution is 2.32. The van der Waals surface area contributed by atoms with Crippen LogP contribution in [0.4, 0.5) is 5.69 Å². The average Bonchev–Trinajstić information content (AvgIpc) is 2.32. The van der Waals surface area contributed by atoms with Gasteiger partial charge in [0, 0.05) is 14.0 Å². The summed E-state index contributed by atoms with van der Waals surface area (Å²) in [7, 11) is 1.70. The van der Waals surface area contributed by atoms with E-state index in [4.69, 9.17) is 4.74 Å². The maximum atomic E-state index is 12.0. The summed E-state index contributed by atoms with van der Waals surface area (Å²) in [6.07, 6.45) is -0.654. The van der Waals surface area contributed by atoms with Crippen LogP contribution in [0.1, 0.15) is 6.92 Å². The number of fused-ring (bicyclic) bond motifs is 1. The van der Waals surface area contributed by atoms with Crippen LogP contribution >= 0.6 is 0 Å². The fraction of sp³-hybridized carbons (Fsp3) is 0.333. The van der Waals surface area contributed by atoms with Gasteiger partial charge in [0.25, 0.3) is 5.91 Å². The van der Waals surface area contributed by atoms with Gasteiger partial charge in [-0.1, -0.05) is 12.1 Å². The molecule has 0 radical (unpaired) electrons. The van der Waals surface area contributed by atoms with Gasteiger partial charge in [-0.15, -0.1) is 0 Å². The molecule has 5 nitrogen and oxygen atoms in total. The molecule has 5 heteroatoms. The molecule has 90 valence electrons. The van der Waals surface area contributed by atoms with Gasteiger partial charge in [-0.05, 0) is 12.1 Å². The topological polar surface area (TPSA) is 58.6 Å². The van der Waals surface area contributed by atoms with E-state index < -0.39 is 6.10 Å². The van der Waals surface area contributed by atoms with Crippen LogP contribution in [0.2, 0.25) is 0 Å². The quantitative estimate of drug-likeness (QED) is 0.812. The summed E-state index contributed by atoms with van der Waals surface area (Å²) in [5, 5.41) is 2.59. The van der Waals surface area contributed by atoms with E-state index in [1.807, 2.05) is 18.2 Å². The highest BCUT2D eigenvalue weighted by atomic mass is 16.5. The van der Waals surface area contributed by atoms with Crippen molar-refractivity contribution >= 4 is 17.5 Å². The lowest BCUT2D eigenvalue weighted by molar-refractivity contribution is -0.126. The SMILES string of the molecule is CC(=O)NCC1Oc2ccccc2N(C)C1=O. The molecule has 2 amide bonds. The molecule has 0 bridgehead atoms. The van der Waals surface area contributed by atoms with E-state index in [2.05, 4.69) is 5.32 Å². The molecule has 1 aliphatic heterocycles. The largest absolute Gasteiger partial charge is 0.477 e. The van der Waals surface area contributed by atoms with Crippen molar-refractivity contribution in [1.82, 2.24) is 5.32 Å². The second kappa shape index (κ2) is 4.45. The smallest absolute Gasteiger partial charge is 0.269 e. The number of benzene rings is 1. The van der Waals surface area contributed by atoms with E-state index in [9.17, 15) is 9.59 Å². The number of amides is 2. The van der Waals surface area contributed by atoms with Gasteiger partial charge in [0.1, 0.15) is 5.75 Å². The molecule has 0 spiro atoms. The van der Waals surface area contributed by atoms with Gasteiger partial charge < -0.3 is 15.0 Å². The molecule has 1 aliphatic rings. The Morgan fingerprint density at radius 2 is 2.18 bits per heavy atom. The molecule has 0 saturated carbocycles. The normalized spacial score (nSPS) is 18.4. The van der Waals surface area contributed by atoms with E-state index in [0.717, 1.165) is 5.69 Å². The summed E-state index contributed by atoms with van der Waals surface area (Å²) in [4.78, 5) is 24.3. The van der Waals surface area contributed by atoms with Crippen molar-refractivity contribution in [3.05, 3.63) is 24.3 Å². The third-order valence-electron chi connectivity index (χ3n) is 2.64. The van der Waals surface area contributed by atoms with E-state index in [1.165, 1.54) is 6.92 Å². The van der Waals surface area contributed by atoms with Crippen molar-refractivity contribution in [2.75, 3.05) is 18.5 Å². The first kappa shape index (κ1) is 11.4. The fourth-order valence-corrected chi connectivity index (χ4v) is 1.74. The lowest BCUT2D eigenvalue weighted by Gasteiger charge is -2.31. The van der Waals surface area contributed by atoms with Crippen molar-refractivity contribution in [3.8, 4) is 5.75 Å². The van der Waals surface area contributed by atoms with Gasteiger partial charge in [-0.3, -0.25) is 9.59 Å². The molecule has 1 unspecified atom stereocenters. The summed E-state index contributed by atoms with van der Waals surface area (Å²) in [6.45, 7) is 1.60. The molecule has 1 aromatic rings. The molecule has 2 rings (SSSR count).